The van der Waals surface area contributed by atoms with Crippen molar-refractivity contribution in [3.05, 3.63) is 35.7 Å². The molecule has 0 unspecified atom stereocenters. The zero-order valence-electron chi connectivity index (χ0n) is 14.7. The van der Waals surface area contributed by atoms with Crippen LogP contribution in [-0.2, 0) is 0 Å². The highest BCUT2D eigenvalue weighted by atomic mass is 16.5. The summed E-state index contributed by atoms with van der Waals surface area (Å²) in [5.41, 5.74) is 1.69. The lowest BCUT2D eigenvalue weighted by atomic mass is 10.2. The van der Waals surface area contributed by atoms with Gasteiger partial charge in [-0.15, -0.1) is 0 Å². The maximum absolute atomic E-state index is 12.6. The lowest BCUT2D eigenvalue weighted by Gasteiger charge is -2.16. The summed E-state index contributed by atoms with van der Waals surface area (Å²) in [6.07, 6.45) is 3.90. The van der Waals surface area contributed by atoms with Crippen molar-refractivity contribution in [3.8, 4) is 11.5 Å². The van der Waals surface area contributed by atoms with E-state index in [1.807, 2.05) is 6.92 Å². The molecule has 7 nitrogen and oxygen atoms in total. The molecular formula is C18H22N4O3. The van der Waals surface area contributed by atoms with Crippen molar-refractivity contribution in [1.29, 1.82) is 0 Å². The fourth-order valence-corrected chi connectivity index (χ4v) is 2.83. The number of rotatable bonds is 5. The highest BCUT2D eigenvalue weighted by Gasteiger charge is 2.18. The average molecular weight is 342 g/mol. The fourth-order valence-electron chi connectivity index (χ4n) is 2.83. The zero-order valence-corrected chi connectivity index (χ0v) is 14.7. The summed E-state index contributed by atoms with van der Waals surface area (Å²) in [7, 11) is 3.13. The number of carbonyl (C=O) groups excluding carboxylic acids is 1. The minimum Gasteiger partial charge on any atom is -0.497 e. The maximum atomic E-state index is 12.6. The van der Waals surface area contributed by atoms with E-state index in [0.717, 1.165) is 25.9 Å². The Hall–Kier alpha value is -2.83. The quantitative estimate of drug-likeness (QED) is 0.900. The molecular weight excluding hydrogens is 320 g/mol. The van der Waals surface area contributed by atoms with Crippen LogP contribution in [-0.4, -0.2) is 43.2 Å². The van der Waals surface area contributed by atoms with Gasteiger partial charge in [-0.1, -0.05) is 0 Å². The normalized spacial score (nSPS) is 13.6. The van der Waals surface area contributed by atoms with Gasteiger partial charge in [0.1, 0.15) is 11.5 Å². The molecule has 0 atom stereocenters. The molecule has 1 N–H and O–H groups in total. The molecule has 132 valence electrons. The van der Waals surface area contributed by atoms with Gasteiger partial charge >= 0.3 is 0 Å². The van der Waals surface area contributed by atoms with Gasteiger partial charge in [0.15, 0.2) is 0 Å². The molecule has 1 saturated heterocycles. The molecule has 1 fully saturated rings. The summed E-state index contributed by atoms with van der Waals surface area (Å²) in [6.45, 7) is 3.76. The number of hydrogen-bond acceptors (Lipinski definition) is 6. The number of carbonyl (C=O) groups is 1. The first-order chi connectivity index (χ1) is 12.1. The molecule has 1 amide bonds. The number of amides is 1. The van der Waals surface area contributed by atoms with Crippen LogP contribution in [0.1, 0.15) is 28.9 Å². The van der Waals surface area contributed by atoms with Crippen LogP contribution in [0.2, 0.25) is 0 Å². The van der Waals surface area contributed by atoms with Crippen LogP contribution in [0.15, 0.2) is 24.4 Å². The lowest BCUT2D eigenvalue weighted by Crippen LogP contribution is -2.22. The zero-order chi connectivity index (χ0) is 17.8. The van der Waals surface area contributed by atoms with Gasteiger partial charge < -0.3 is 19.7 Å². The molecule has 2 aromatic rings. The Balaban J connectivity index is 1.79. The second-order valence-electron chi connectivity index (χ2n) is 5.92. The lowest BCUT2D eigenvalue weighted by molar-refractivity contribution is 0.102. The first-order valence-electron chi connectivity index (χ1n) is 8.23. The second-order valence-corrected chi connectivity index (χ2v) is 5.92. The van der Waals surface area contributed by atoms with Crippen molar-refractivity contribution in [2.75, 3.05) is 37.5 Å². The Morgan fingerprint density at radius 1 is 1.12 bits per heavy atom. The number of anilines is 2. The van der Waals surface area contributed by atoms with E-state index >= 15 is 0 Å². The number of aromatic nitrogens is 2. The van der Waals surface area contributed by atoms with Gasteiger partial charge in [-0.2, -0.15) is 0 Å². The number of hydrogen-bond donors (Lipinski definition) is 1. The third-order valence-electron chi connectivity index (χ3n) is 4.21. The van der Waals surface area contributed by atoms with Gasteiger partial charge in [0, 0.05) is 43.2 Å². The van der Waals surface area contributed by atoms with E-state index < -0.39 is 0 Å². The molecule has 1 aromatic carbocycles. The van der Waals surface area contributed by atoms with E-state index in [4.69, 9.17) is 9.47 Å². The Kier molecular flexibility index (Phi) is 5.02. The predicted molar refractivity (Wildman–Crippen MR) is 95.7 cm³/mol. The van der Waals surface area contributed by atoms with Gasteiger partial charge in [-0.05, 0) is 19.8 Å². The van der Waals surface area contributed by atoms with E-state index in [0.29, 0.717) is 34.4 Å². The number of benzene rings is 1. The minimum absolute atomic E-state index is 0.263. The summed E-state index contributed by atoms with van der Waals surface area (Å²) >= 11 is 0. The number of methoxy groups -OCH3 is 2. The summed E-state index contributed by atoms with van der Waals surface area (Å²) in [5, 5.41) is 2.84. The standard InChI is InChI=1S/C18H22N4O3/c1-12-16(11-19-18(20-12)22-6-4-5-7-22)17(23)21-13-8-14(24-2)10-15(9-13)25-3/h8-11H,4-7H2,1-3H3,(H,21,23). The van der Waals surface area contributed by atoms with Crippen molar-refractivity contribution < 1.29 is 14.3 Å². The SMILES string of the molecule is COc1cc(NC(=O)c2cnc(N3CCCC3)nc2C)cc(OC)c1. The second kappa shape index (κ2) is 7.38. The average Bonchev–Trinajstić information content (AvgIpc) is 3.15. The highest BCUT2D eigenvalue weighted by Crippen LogP contribution is 2.26. The molecule has 1 aromatic heterocycles. The topological polar surface area (TPSA) is 76.6 Å². The van der Waals surface area contributed by atoms with E-state index in [2.05, 4.69) is 20.2 Å². The van der Waals surface area contributed by atoms with Crippen molar-refractivity contribution in [2.45, 2.75) is 19.8 Å². The van der Waals surface area contributed by atoms with Crippen molar-refractivity contribution in [1.82, 2.24) is 9.97 Å². The van der Waals surface area contributed by atoms with Crippen LogP contribution in [0.5, 0.6) is 11.5 Å². The third-order valence-corrected chi connectivity index (χ3v) is 4.21. The van der Waals surface area contributed by atoms with Crippen LogP contribution < -0.4 is 19.7 Å². The van der Waals surface area contributed by atoms with Gasteiger partial charge in [0.05, 0.1) is 25.5 Å². The van der Waals surface area contributed by atoms with Gasteiger partial charge in [0.2, 0.25) is 5.95 Å². The van der Waals surface area contributed by atoms with Crippen LogP contribution in [0.3, 0.4) is 0 Å². The summed E-state index contributed by atoms with van der Waals surface area (Å²) in [6, 6.07) is 5.21. The Bertz CT molecular complexity index is 751. The molecule has 1 aliphatic heterocycles. The monoisotopic (exact) mass is 342 g/mol. The molecule has 0 saturated carbocycles. The molecule has 0 spiro atoms. The van der Waals surface area contributed by atoms with Crippen LogP contribution >= 0.6 is 0 Å². The maximum Gasteiger partial charge on any atom is 0.259 e. The Morgan fingerprint density at radius 2 is 1.76 bits per heavy atom. The Labute approximate surface area is 147 Å². The molecule has 0 radical (unpaired) electrons. The van der Waals surface area contributed by atoms with Crippen molar-refractivity contribution in [2.24, 2.45) is 0 Å². The number of nitrogens with one attached hydrogen (secondary N) is 1. The van der Waals surface area contributed by atoms with Gasteiger partial charge in [-0.3, -0.25) is 4.79 Å². The van der Waals surface area contributed by atoms with Crippen LogP contribution in [0.25, 0.3) is 0 Å². The number of ether oxygens (including phenoxy) is 2. The minimum atomic E-state index is -0.263. The highest BCUT2D eigenvalue weighted by molar-refractivity contribution is 6.05. The molecule has 0 bridgehead atoms. The summed E-state index contributed by atoms with van der Waals surface area (Å²) in [5.74, 6) is 1.63. The first-order valence-corrected chi connectivity index (χ1v) is 8.23. The summed E-state index contributed by atoms with van der Waals surface area (Å²) in [4.78, 5) is 23.6. The molecule has 1 aliphatic rings. The number of aryl methyl sites for hydroxylation is 1. The third kappa shape index (κ3) is 3.81. The molecule has 2 heterocycles. The van der Waals surface area contributed by atoms with E-state index in [1.54, 1.807) is 38.6 Å². The molecule has 0 aliphatic carbocycles. The molecule has 7 heteroatoms. The molecule has 3 rings (SSSR count). The predicted octanol–water partition coefficient (Wildman–Crippen LogP) is 2.65. The largest absolute Gasteiger partial charge is 0.497 e. The Morgan fingerprint density at radius 3 is 2.32 bits per heavy atom. The van der Waals surface area contributed by atoms with E-state index in [1.165, 1.54) is 0 Å². The molecule has 25 heavy (non-hydrogen) atoms. The van der Waals surface area contributed by atoms with E-state index in [9.17, 15) is 4.79 Å². The van der Waals surface area contributed by atoms with Crippen LogP contribution in [0.4, 0.5) is 11.6 Å². The van der Waals surface area contributed by atoms with Crippen molar-refractivity contribution >= 4 is 17.5 Å². The fraction of sp³-hybridized carbons (Fsp3) is 0.389. The van der Waals surface area contributed by atoms with E-state index in [-0.39, 0.29) is 5.91 Å². The summed E-state index contributed by atoms with van der Waals surface area (Å²) < 4.78 is 10.4. The smallest absolute Gasteiger partial charge is 0.259 e. The van der Waals surface area contributed by atoms with Gasteiger partial charge in [0.25, 0.3) is 5.91 Å². The van der Waals surface area contributed by atoms with Gasteiger partial charge in [-0.25, -0.2) is 9.97 Å². The van der Waals surface area contributed by atoms with Crippen LogP contribution in [0, 0.1) is 6.92 Å². The number of nitrogens with zero attached hydrogens (tertiary/aromatic N) is 3. The first kappa shape index (κ1) is 17.0. The van der Waals surface area contributed by atoms with Crippen molar-refractivity contribution in [3.63, 3.8) is 0 Å².